The monoisotopic (exact) mass is 453 g/mol. The molecule has 1 saturated heterocycles. The van der Waals surface area contributed by atoms with Gasteiger partial charge < -0.3 is 26.0 Å². The molecule has 5 N–H and O–H groups in total. The summed E-state index contributed by atoms with van der Waals surface area (Å²) >= 11 is 5.84. The third-order valence-electron chi connectivity index (χ3n) is 4.61. The third-order valence-corrected chi connectivity index (χ3v) is 4.90. The molecule has 0 saturated carbocycles. The third kappa shape index (κ3) is 6.67. The van der Waals surface area contributed by atoms with Gasteiger partial charge >= 0.3 is 6.03 Å². The predicted molar refractivity (Wildman–Crippen MR) is 118 cm³/mol. The molecule has 1 aliphatic heterocycles. The number of rotatable bonds is 6. The number of nitrogens with one attached hydrogen (secondary N) is 3. The van der Waals surface area contributed by atoms with Crippen molar-refractivity contribution in [3.63, 3.8) is 0 Å². The first kappa shape index (κ1) is 24.6. The van der Waals surface area contributed by atoms with E-state index in [2.05, 4.69) is 10.6 Å². The number of carbonyl (C=O) groups excluding carboxylic acids is 2. The Kier molecular flexibility index (Phi) is 8.02. The fourth-order valence-corrected chi connectivity index (χ4v) is 3.39. The molecule has 0 radical (unpaired) electrons. The van der Waals surface area contributed by atoms with Crippen LogP contribution < -0.4 is 16.4 Å². The van der Waals surface area contributed by atoms with Crippen molar-refractivity contribution in [3.8, 4) is 0 Å². The minimum Gasteiger partial charge on any atom is -0.385 e. The number of primary amides is 1. The summed E-state index contributed by atoms with van der Waals surface area (Å²) in [5.74, 6) is -1.47. The van der Waals surface area contributed by atoms with E-state index < -0.39 is 17.3 Å². The molecule has 1 aliphatic rings. The van der Waals surface area contributed by atoms with Gasteiger partial charge in [-0.05, 0) is 45.4 Å². The highest BCUT2D eigenvalue weighted by Crippen LogP contribution is 2.21. The number of benzene rings is 1. The van der Waals surface area contributed by atoms with Crippen LogP contribution in [0, 0.1) is 11.2 Å². The number of methoxy groups -OCH3 is 1. The zero-order valence-corrected chi connectivity index (χ0v) is 18.9. The predicted octanol–water partition coefficient (Wildman–Crippen LogP) is 2.40. The molecule has 1 aromatic rings. The van der Waals surface area contributed by atoms with Crippen molar-refractivity contribution in [3.05, 3.63) is 45.9 Å². The summed E-state index contributed by atoms with van der Waals surface area (Å²) in [6.07, 6.45) is 0.570. The first-order chi connectivity index (χ1) is 14.4. The van der Waals surface area contributed by atoms with Gasteiger partial charge in [0.15, 0.2) is 0 Å². The summed E-state index contributed by atoms with van der Waals surface area (Å²) in [4.78, 5) is 26.7. The first-order valence-electron chi connectivity index (χ1n) is 9.82. The van der Waals surface area contributed by atoms with Crippen LogP contribution in [0.15, 0.2) is 29.5 Å². The van der Waals surface area contributed by atoms with Gasteiger partial charge in [-0.25, -0.2) is 9.18 Å². The van der Waals surface area contributed by atoms with Crippen LogP contribution in [0.2, 0.25) is 5.02 Å². The van der Waals surface area contributed by atoms with Crippen molar-refractivity contribution in [2.75, 3.05) is 26.8 Å². The summed E-state index contributed by atoms with van der Waals surface area (Å²) < 4.78 is 18.7. The number of hydrogen-bond donors (Lipinski definition) is 4. The Bertz CT molecular complexity index is 897. The molecule has 2 rings (SSSR count). The van der Waals surface area contributed by atoms with Gasteiger partial charge in [-0.2, -0.15) is 0 Å². The minimum absolute atomic E-state index is 0.0565. The Morgan fingerprint density at radius 3 is 2.65 bits per heavy atom. The van der Waals surface area contributed by atoms with Crippen LogP contribution in [-0.4, -0.2) is 60.9 Å². The van der Waals surface area contributed by atoms with Crippen LogP contribution in [0.3, 0.4) is 0 Å². The molecule has 1 atom stereocenters. The quantitative estimate of drug-likeness (QED) is 0.390. The fourth-order valence-electron chi connectivity index (χ4n) is 3.21. The van der Waals surface area contributed by atoms with Gasteiger partial charge in [-0.1, -0.05) is 11.6 Å². The average Bonchev–Trinajstić information content (AvgIpc) is 2.66. The van der Waals surface area contributed by atoms with Crippen molar-refractivity contribution in [1.82, 2.24) is 15.5 Å². The van der Waals surface area contributed by atoms with E-state index in [-0.39, 0.29) is 40.5 Å². The van der Waals surface area contributed by atoms with Gasteiger partial charge in [0.05, 0.1) is 22.9 Å². The molecule has 1 unspecified atom stereocenters. The molecular formula is C21H29ClFN5O3. The second-order valence-corrected chi connectivity index (χ2v) is 8.81. The number of amides is 3. The number of halogens is 2. The highest BCUT2D eigenvalue weighted by molar-refractivity contribution is 6.32. The molecule has 1 heterocycles. The van der Waals surface area contributed by atoms with Gasteiger partial charge in [0.25, 0.3) is 5.91 Å². The number of urea groups is 1. The molecule has 31 heavy (non-hydrogen) atoms. The van der Waals surface area contributed by atoms with Crippen LogP contribution >= 0.6 is 11.6 Å². The smallest absolute Gasteiger partial charge is 0.318 e. The van der Waals surface area contributed by atoms with E-state index in [4.69, 9.17) is 27.5 Å². The van der Waals surface area contributed by atoms with Crippen LogP contribution in [-0.2, 0) is 9.53 Å². The zero-order chi connectivity index (χ0) is 23.3. The Morgan fingerprint density at radius 2 is 2.10 bits per heavy atom. The first-order valence-corrected chi connectivity index (χ1v) is 10.2. The minimum atomic E-state index is -0.837. The number of ether oxygens (including phenoxy) is 1. The van der Waals surface area contributed by atoms with Crippen molar-refractivity contribution in [1.29, 1.82) is 5.41 Å². The number of nitrogens with zero attached hydrogens (tertiary/aromatic N) is 1. The number of piperazine rings is 1. The summed E-state index contributed by atoms with van der Waals surface area (Å²) in [6, 6.07) is 3.22. The lowest BCUT2D eigenvalue weighted by molar-refractivity contribution is -0.114. The largest absolute Gasteiger partial charge is 0.385 e. The van der Waals surface area contributed by atoms with Crippen LogP contribution in [0.25, 0.3) is 0 Å². The molecule has 1 aromatic carbocycles. The molecular weight excluding hydrogens is 425 g/mol. The Balaban J connectivity index is 2.45. The van der Waals surface area contributed by atoms with Crippen LogP contribution in [0.5, 0.6) is 0 Å². The molecule has 0 aliphatic carbocycles. The number of hydrogen-bond acceptors (Lipinski definition) is 5. The normalized spacial score (nSPS) is 18.3. The number of nitrogens with two attached hydrogens (primary N) is 1. The maximum absolute atomic E-state index is 13.5. The summed E-state index contributed by atoms with van der Waals surface area (Å²) in [7, 11) is 1.58. The van der Waals surface area contributed by atoms with E-state index in [1.807, 2.05) is 20.8 Å². The van der Waals surface area contributed by atoms with E-state index >= 15 is 0 Å². The van der Waals surface area contributed by atoms with Gasteiger partial charge in [-0.15, -0.1) is 0 Å². The summed E-state index contributed by atoms with van der Waals surface area (Å²) in [5.41, 5.74) is 5.45. The van der Waals surface area contributed by atoms with Gasteiger partial charge in [-0.3, -0.25) is 10.2 Å². The Hall–Kier alpha value is -2.65. The molecule has 10 heteroatoms. The molecule has 8 nitrogen and oxygen atoms in total. The van der Waals surface area contributed by atoms with E-state index in [9.17, 15) is 14.0 Å². The molecule has 1 fully saturated rings. The van der Waals surface area contributed by atoms with Crippen molar-refractivity contribution in [2.24, 2.45) is 5.73 Å². The summed E-state index contributed by atoms with van der Waals surface area (Å²) in [5, 5.41) is 14.5. The second-order valence-electron chi connectivity index (χ2n) is 8.41. The molecule has 0 bridgehead atoms. The highest BCUT2D eigenvalue weighted by atomic mass is 35.5. The molecule has 3 amide bonds. The Morgan fingerprint density at radius 1 is 1.42 bits per heavy atom. The average molecular weight is 454 g/mol. The Labute approximate surface area is 186 Å². The maximum atomic E-state index is 13.5. The second kappa shape index (κ2) is 10.1. The van der Waals surface area contributed by atoms with Crippen molar-refractivity contribution < 1.29 is 18.7 Å². The molecule has 0 spiro atoms. The maximum Gasteiger partial charge on any atom is 0.318 e. The van der Waals surface area contributed by atoms with E-state index in [0.717, 1.165) is 6.07 Å². The summed E-state index contributed by atoms with van der Waals surface area (Å²) in [6.45, 7) is 6.49. The number of carbonyl (C=O) groups is 2. The standard InChI is InChI=1S/C21H29ClFN5O3/c1-21(2,3)27-20(30)28-10-13(7-8-31-4)26-16(11-28)17(19(25)29)18(24)12-5-6-15(23)14(22)9-12/h5-6,9,13,24,26H,7-8,10-11H2,1-4H3,(H2,25,29)(H,27,30)/b17-16+,24-18?. The van der Waals surface area contributed by atoms with Gasteiger partial charge in [0.1, 0.15) is 5.82 Å². The van der Waals surface area contributed by atoms with Crippen molar-refractivity contribution >= 4 is 29.3 Å². The SMILES string of the molecule is COCCC1CN(C(=O)NC(C)(C)C)C/C(=C(/C(=N)c2ccc(F)c(Cl)c2)C(N)=O)N1. The van der Waals surface area contributed by atoms with E-state index in [1.54, 1.807) is 12.0 Å². The highest BCUT2D eigenvalue weighted by Gasteiger charge is 2.31. The van der Waals surface area contributed by atoms with Crippen LogP contribution in [0.4, 0.5) is 9.18 Å². The molecule has 170 valence electrons. The van der Waals surface area contributed by atoms with E-state index in [0.29, 0.717) is 25.3 Å². The zero-order valence-electron chi connectivity index (χ0n) is 18.1. The van der Waals surface area contributed by atoms with E-state index in [1.165, 1.54) is 12.1 Å². The fraction of sp³-hybridized carbons (Fsp3) is 0.476. The lowest BCUT2D eigenvalue weighted by atomic mass is 9.97. The topological polar surface area (TPSA) is 121 Å². The van der Waals surface area contributed by atoms with Gasteiger partial charge in [0, 0.05) is 43.1 Å². The molecule has 0 aromatic heterocycles. The van der Waals surface area contributed by atoms with Gasteiger partial charge in [0.2, 0.25) is 0 Å². The van der Waals surface area contributed by atoms with Crippen LogP contribution in [0.1, 0.15) is 32.8 Å². The lowest BCUT2D eigenvalue weighted by Crippen LogP contribution is -2.57. The lowest BCUT2D eigenvalue weighted by Gasteiger charge is -2.38. The van der Waals surface area contributed by atoms with Crippen molar-refractivity contribution in [2.45, 2.75) is 38.8 Å².